The second-order valence-electron chi connectivity index (χ2n) is 6.93. The summed E-state index contributed by atoms with van der Waals surface area (Å²) in [5.41, 5.74) is 3.02. The minimum atomic E-state index is -0.0759. The lowest BCUT2D eigenvalue weighted by Crippen LogP contribution is -2.21. The summed E-state index contributed by atoms with van der Waals surface area (Å²) in [5.74, 6) is 1.29. The van der Waals surface area contributed by atoms with Gasteiger partial charge in [0.2, 0.25) is 5.88 Å². The van der Waals surface area contributed by atoms with Gasteiger partial charge in [-0.3, -0.25) is 4.79 Å². The molecule has 1 aliphatic heterocycles. The Morgan fingerprint density at radius 3 is 2.73 bits per heavy atom. The number of nitrogens with zero attached hydrogens (tertiary/aromatic N) is 2. The molecule has 148 valence electrons. The number of pyridine rings is 1. The summed E-state index contributed by atoms with van der Waals surface area (Å²) in [6.07, 6.45) is 1.72. The second kappa shape index (κ2) is 8.00. The van der Waals surface area contributed by atoms with Gasteiger partial charge in [-0.25, -0.2) is 4.98 Å². The number of thiophene rings is 1. The Morgan fingerprint density at radius 1 is 1.00 bits per heavy atom. The van der Waals surface area contributed by atoms with Crippen molar-refractivity contribution in [3.63, 3.8) is 0 Å². The Hall–Kier alpha value is -3.64. The highest BCUT2D eigenvalue weighted by molar-refractivity contribution is 7.18. The van der Waals surface area contributed by atoms with Gasteiger partial charge < -0.3 is 15.0 Å². The van der Waals surface area contributed by atoms with Crippen LogP contribution in [0.1, 0.15) is 20.8 Å². The first-order chi connectivity index (χ1) is 14.8. The number of para-hydroxylation sites is 1. The minimum Gasteiger partial charge on any atom is -0.437 e. The van der Waals surface area contributed by atoms with E-state index in [0.717, 1.165) is 27.6 Å². The van der Waals surface area contributed by atoms with Crippen LogP contribution in [0.2, 0.25) is 0 Å². The SMILES string of the molecule is O=C(NCc1ccccc1)c1ccc(N2Cc3ccccc3Oc3ncccc32)s1. The quantitative estimate of drug-likeness (QED) is 0.479. The summed E-state index contributed by atoms with van der Waals surface area (Å²) in [7, 11) is 0. The van der Waals surface area contributed by atoms with Crippen molar-refractivity contribution in [2.45, 2.75) is 13.1 Å². The molecule has 2 aromatic carbocycles. The number of hydrogen-bond acceptors (Lipinski definition) is 5. The maximum Gasteiger partial charge on any atom is 0.261 e. The third-order valence-electron chi connectivity index (χ3n) is 4.93. The van der Waals surface area contributed by atoms with Crippen LogP contribution in [0.15, 0.2) is 85.1 Å². The van der Waals surface area contributed by atoms with Crippen molar-refractivity contribution < 1.29 is 9.53 Å². The van der Waals surface area contributed by atoms with Crippen LogP contribution in [0.25, 0.3) is 0 Å². The molecule has 5 rings (SSSR count). The van der Waals surface area contributed by atoms with E-state index in [9.17, 15) is 4.79 Å². The van der Waals surface area contributed by atoms with E-state index in [2.05, 4.69) is 21.3 Å². The van der Waals surface area contributed by atoms with Gasteiger partial charge in [0.15, 0.2) is 0 Å². The Kier molecular flexibility index (Phi) is 4.91. The van der Waals surface area contributed by atoms with E-state index in [-0.39, 0.29) is 5.91 Å². The van der Waals surface area contributed by atoms with E-state index in [1.54, 1.807) is 6.20 Å². The van der Waals surface area contributed by atoms with E-state index in [1.165, 1.54) is 11.3 Å². The number of ether oxygens (including phenoxy) is 1. The first-order valence-electron chi connectivity index (χ1n) is 9.68. The Labute approximate surface area is 178 Å². The molecule has 1 amide bonds. The monoisotopic (exact) mass is 413 g/mol. The third-order valence-corrected chi connectivity index (χ3v) is 6.03. The van der Waals surface area contributed by atoms with E-state index in [4.69, 9.17) is 4.74 Å². The van der Waals surface area contributed by atoms with Crippen LogP contribution >= 0.6 is 11.3 Å². The number of carbonyl (C=O) groups is 1. The average molecular weight is 414 g/mol. The summed E-state index contributed by atoms with van der Waals surface area (Å²) < 4.78 is 6.07. The normalized spacial score (nSPS) is 12.3. The fraction of sp³-hybridized carbons (Fsp3) is 0.0833. The van der Waals surface area contributed by atoms with Crippen LogP contribution in [0.3, 0.4) is 0 Å². The zero-order valence-electron chi connectivity index (χ0n) is 16.1. The van der Waals surface area contributed by atoms with Crippen LogP contribution in [-0.4, -0.2) is 10.9 Å². The predicted octanol–water partition coefficient (Wildman–Crippen LogP) is 5.52. The standard InChI is InChI=1S/C24H19N3O2S/c28-23(26-15-17-7-2-1-3-8-17)21-12-13-22(30-21)27-16-18-9-4-5-11-20(18)29-24-19(27)10-6-14-25-24/h1-14H,15-16H2,(H,26,28). The van der Waals surface area contributed by atoms with Gasteiger partial charge in [0.1, 0.15) is 11.4 Å². The van der Waals surface area contributed by atoms with Crippen molar-refractivity contribution in [3.8, 4) is 11.6 Å². The molecule has 0 atom stereocenters. The first kappa shape index (κ1) is 18.4. The number of aromatic nitrogens is 1. The highest BCUT2D eigenvalue weighted by Crippen LogP contribution is 2.42. The lowest BCUT2D eigenvalue weighted by molar-refractivity contribution is 0.0955. The van der Waals surface area contributed by atoms with Crippen molar-refractivity contribution in [3.05, 3.63) is 101 Å². The first-order valence-corrected chi connectivity index (χ1v) is 10.5. The molecule has 0 radical (unpaired) electrons. The molecule has 3 heterocycles. The van der Waals surface area contributed by atoms with Gasteiger partial charge in [-0.2, -0.15) is 0 Å². The van der Waals surface area contributed by atoms with Gasteiger partial charge in [0.25, 0.3) is 5.91 Å². The molecular weight excluding hydrogens is 394 g/mol. The number of hydrogen-bond donors (Lipinski definition) is 1. The van der Waals surface area contributed by atoms with Crippen LogP contribution in [0.4, 0.5) is 10.7 Å². The van der Waals surface area contributed by atoms with E-state index >= 15 is 0 Å². The van der Waals surface area contributed by atoms with Gasteiger partial charge in [-0.1, -0.05) is 48.5 Å². The second-order valence-corrected chi connectivity index (χ2v) is 7.99. The molecule has 0 saturated carbocycles. The Morgan fingerprint density at radius 2 is 1.83 bits per heavy atom. The van der Waals surface area contributed by atoms with Crippen molar-refractivity contribution >= 4 is 27.9 Å². The zero-order valence-corrected chi connectivity index (χ0v) is 16.9. The molecule has 0 saturated heterocycles. The molecule has 4 aromatic rings. The number of carbonyl (C=O) groups excluding carboxylic acids is 1. The van der Waals surface area contributed by atoms with Crippen LogP contribution in [0.5, 0.6) is 11.6 Å². The highest BCUT2D eigenvalue weighted by atomic mass is 32.1. The molecule has 2 aromatic heterocycles. The average Bonchev–Trinajstić information content (AvgIpc) is 3.22. The van der Waals surface area contributed by atoms with Crippen molar-refractivity contribution in [1.82, 2.24) is 10.3 Å². The van der Waals surface area contributed by atoms with Crippen molar-refractivity contribution in [2.24, 2.45) is 0 Å². The molecule has 0 bridgehead atoms. The van der Waals surface area contributed by atoms with Crippen LogP contribution in [0, 0.1) is 0 Å². The molecule has 0 unspecified atom stereocenters. The topological polar surface area (TPSA) is 54.5 Å². The van der Waals surface area contributed by atoms with Gasteiger partial charge in [0.05, 0.1) is 16.4 Å². The van der Waals surface area contributed by atoms with Crippen molar-refractivity contribution in [2.75, 3.05) is 4.90 Å². The third kappa shape index (κ3) is 3.65. The molecule has 0 aliphatic carbocycles. The molecule has 1 aliphatic rings. The zero-order chi connectivity index (χ0) is 20.3. The molecular formula is C24H19N3O2S. The van der Waals surface area contributed by atoms with Gasteiger partial charge in [0, 0.05) is 18.3 Å². The Balaban J connectivity index is 1.41. The lowest BCUT2D eigenvalue weighted by atomic mass is 10.2. The highest BCUT2D eigenvalue weighted by Gasteiger charge is 2.24. The van der Waals surface area contributed by atoms with Crippen LogP contribution < -0.4 is 15.0 Å². The predicted molar refractivity (Wildman–Crippen MR) is 119 cm³/mol. The van der Waals surface area contributed by atoms with Crippen molar-refractivity contribution in [1.29, 1.82) is 0 Å². The summed E-state index contributed by atoms with van der Waals surface area (Å²) in [6.45, 7) is 1.14. The Bertz CT molecular complexity index is 1190. The lowest BCUT2D eigenvalue weighted by Gasteiger charge is -2.21. The molecule has 30 heavy (non-hydrogen) atoms. The number of benzene rings is 2. The van der Waals surface area contributed by atoms with E-state index < -0.39 is 0 Å². The number of fused-ring (bicyclic) bond motifs is 2. The largest absolute Gasteiger partial charge is 0.437 e. The van der Waals surface area contributed by atoms with Gasteiger partial charge in [-0.05, 0) is 35.9 Å². The van der Waals surface area contributed by atoms with E-state index in [0.29, 0.717) is 23.8 Å². The summed E-state index contributed by atoms with van der Waals surface area (Å²) >= 11 is 1.46. The molecule has 6 heteroatoms. The van der Waals surface area contributed by atoms with E-state index in [1.807, 2.05) is 72.8 Å². The summed E-state index contributed by atoms with van der Waals surface area (Å²) in [6, 6.07) is 25.6. The summed E-state index contributed by atoms with van der Waals surface area (Å²) in [5, 5.41) is 3.96. The maximum absolute atomic E-state index is 12.7. The molecule has 0 spiro atoms. The number of amides is 1. The number of rotatable bonds is 4. The fourth-order valence-corrected chi connectivity index (χ4v) is 4.35. The molecule has 1 N–H and O–H groups in total. The molecule has 5 nitrogen and oxygen atoms in total. The smallest absolute Gasteiger partial charge is 0.261 e. The van der Waals surface area contributed by atoms with Crippen LogP contribution in [-0.2, 0) is 13.1 Å². The summed E-state index contributed by atoms with van der Waals surface area (Å²) in [4.78, 5) is 19.9. The molecule has 0 fully saturated rings. The van der Waals surface area contributed by atoms with Gasteiger partial charge in [-0.15, -0.1) is 11.3 Å². The fourth-order valence-electron chi connectivity index (χ4n) is 3.42. The number of nitrogens with one attached hydrogen (secondary N) is 1. The number of anilines is 2. The maximum atomic E-state index is 12.7. The van der Waals surface area contributed by atoms with Gasteiger partial charge >= 0.3 is 0 Å². The minimum absolute atomic E-state index is 0.0759.